The van der Waals surface area contributed by atoms with Gasteiger partial charge < -0.3 is 14.9 Å². The summed E-state index contributed by atoms with van der Waals surface area (Å²) in [5.41, 5.74) is 1.23. The molecule has 1 aliphatic heterocycles. The number of thiazole rings is 1. The Balaban J connectivity index is 1.72. The predicted molar refractivity (Wildman–Crippen MR) is 136 cm³/mol. The van der Waals surface area contributed by atoms with Crippen LogP contribution in [0.2, 0.25) is 10.0 Å². The number of methoxy groups -OCH3 is 1. The van der Waals surface area contributed by atoms with Crippen LogP contribution in [0.15, 0.2) is 66.2 Å². The predicted octanol–water partition coefficient (Wildman–Crippen LogP) is 5.94. The summed E-state index contributed by atoms with van der Waals surface area (Å²) < 4.78 is 5.90. The minimum Gasteiger partial charge on any atom is -0.508 e. The number of carbonyl (C=O) groups excluding carboxylic acids is 2. The number of aromatic nitrogens is 1. The van der Waals surface area contributed by atoms with E-state index in [9.17, 15) is 19.8 Å². The minimum absolute atomic E-state index is 0.0160. The van der Waals surface area contributed by atoms with E-state index < -0.39 is 23.5 Å². The lowest BCUT2D eigenvalue weighted by atomic mass is 9.95. The zero-order valence-corrected chi connectivity index (χ0v) is 20.4. The Labute approximate surface area is 213 Å². The highest BCUT2D eigenvalue weighted by Crippen LogP contribution is 2.45. The van der Waals surface area contributed by atoms with Gasteiger partial charge in [0, 0.05) is 10.6 Å². The third-order valence-corrected chi connectivity index (χ3v) is 7.17. The largest absolute Gasteiger partial charge is 0.508 e. The van der Waals surface area contributed by atoms with Crippen LogP contribution < -0.4 is 9.64 Å². The van der Waals surface area contributed by atoms with Crippen LogP contribution in [0.5, 0.6) is 11.5 Å². The number of aliphatic hydroxyl groups is 1. The summed E-state index contributed by atoms with van der Waals surface area (Å²) in [6.45, 7) is 0. The molecule has 1 aliphatic rings. The number of aliphatic hydroxyl groups excluding tert-OH is 1. The van der Waals surface area contributed by atoms with Gasteiger partial charge in [0.1, 0.15) is 17.3 Å². The summed E-state index contributed by atoms with van der Waals surface area (Å²) in [6.07, 6.45) is 0. The monoisotopic (exact) mass is 526 g/mol. The summed E-state index contributed by atoms with van der Waals surface area (Å²) in [7, 11) is 1.46. The number of aromatic hydroxyl groups is 1. The molecule has 1 aromatic heterocycles. The average molecular weight is 527 g/mol. The van der Waals surface area contributed by atoms with Gasteiger partial charge in [-0.15, -0.1) is 0 Å². The standard InChI is InChI=1S/C25H16Cl2N2O5S/c1-34-18-9-4-13(10-16(18)27)22(31)20-21(12-2-6-15(30)7-3-12)29(24(33)23(20)32)25-28-17-8-5-14(26)11-19(17)35-25/h2-11,21,30-31H,1H3/b22-20+. The van der Waals surface area contributed by atoms with Crippen molar-refractivity contribution in [1.29, 1.82) is 0 Å². The van der Waals surface area contributed by atoms with Gasteiger partial charge in [-0.2, -0.15) is 0 Å². The number of carbonyl (C=O) groups is 2. The fourth-order valence-electron chi connectivity index (χ4n) is 3.96. The summed E-state index contributed by atoms with van der Waals surface area (Å²) in [4.78, 5) is 32.4. The highest BCUT2D eigenvalue weighted by molar-refractivity contribution is 7.22. The molecular formula is C25H16Cl2N2O5S. The third-order valence-electron chi connectivity index (χ3n) is 5.62. The maximum Gasteiger partial charge on any atom is 0.301 e. The van der Waals surface area contributed by atoms with Crippen LogP contribution in [0.3, 0.4) is 0 Å². The number of amides is 1. The van der Waals surface area contributed by atoms with Gasteiger partial charge in [0.05, 0.1) is 34.0 Å². The number of phenols is 1. The molecule has 176 valence electrons. The lowest BCUT2D eigenvalue weighted by molar-refractivity contribution is -0.132. The van der Waals surface area contributed by atoms with Crippen molar-refractivity contribution in [2.24, 2.45) is 0 Å². The first-order valence-corrected chi connectivity index (χ1v) is 11.9. The number of Topliss-reactive ketones (excluding diaryl/α,β-unsaturated/α-hetero) is 1. The van der Waals surface area contributed by atoms with Gasteiger partial charge in [-0.1, -0.05) is 46.7 Å². The second-order valence-corrected chi connectivity index (χ2v) is 9.57. The van der Waals surface area contributed by atoms with E-state index in [4.69, 9.17) is 27.9 Å². The van der Waals surface area contributed by atoms with Crippen LogP contribution in [0.1, 0.15) is 17.2 Å². The van der Waals surface area contributed by atoms with Crippen molar-refractivity contribution < 1.29 is 24.5 Å². The van der Waals surface area contributed by atoms with Crippen LogP contribution in [0.4, 0.5) is 5.13 Å². The molecule has 1 fully saturated rings. The molecule has 0 aliphatic carbocycles. The van der Waals surface area contributed by atoms with Crippen LogP contribution in [0.25, 0.3) is 16.0 Å². The number of benzene rings is 3. The number of anilines is 1. The first-order valence-electron chi connectivity index (χ1n) is 10.3. The minimum atomic E-state index is -0.993. The number of fused-ring (bicyclic) bond motifs is 1. The SMILES string of the molecule is COc1ccc(/C(O)=C2\C(=O)C(=O)N(c3nc4ccc(Cl)cc4s3)C2c2ccc(O)cc2)cc1Cl. The van der Waals surface area contributed by atoms with Crippen molar-refractivity contribution in [3.05, 3.63) is 87.4 Å². The Morgan fingerprint density at radius 1 is 1.06 bits per heavy atom. The highest BCUT2D eigenvalue weighted by Gasteiger charge is 2.48. The van der Waals surface area contributed by atoms with E-state index in [1.807, 2.05) is 0 Å². The zero-order valence-electron chi connectivity index (χ0n) is 18.0. The number of rotatable bonds is 4. The topological polar surface area (TPSA) is 100.0 Å². The summed E-state index contributed by atoms with van der Waals surface area (Å²) >= 11 is 13.5. The normalized spacial score (nSPS) is 17.3. The average Bonchev–Trinajstić information content (AvgIpc) is 3.37. The van der Waals surface area contributed by atoms with Gasteiger partial charge in [0.2, 0.25) is 0 Å². The molecule has 1 atom stereocenters. The molecule has 0 spiro atoms. The molecular weight excluding hydrogens is 511 g/mol. The van der Waals surface area contributed by atoms with Crippen molar-refractivity contribution in [1.82, 2.24) is 4.98 Å². The summed E-state index contributed by atoms with van der Waals surface area (Å²) in [5, 5.41) is 22.0. The number of hydrogen-bond donors (Lipinski definition) is 2. The van der Waals surface area contributed by atoms with E-state index >= 15 is 0 Å². The third kappa shape index (κ3) is 3.99. The quantitative estimate of drug-likeness (QED) is 0.194. The van der Waals surface area contributed by atoms with Crippen LogP contribution >= 0.6 is 34.5 Å². The maximum absolute atomic E-state index is 13.3. The van der Waals surface area contributed by atoms with Gasteiger partial charge >= 0.3 is 5.91 Å². The second-order valence-electron chi connectivity index (χ2n) is 7.72. The fraction of sp³-hybridized carbons (Fsp3) is 0.0800. The van der Waals surface area contributed by atoms with E-state index in [1.54, 1.807) is 42.5 Å². The van der Waals surface area contributed by atoms with E-state index in [1.165, 1.54) is 41.5 Å². The Bertz CT molecular complexity index is 1530. The molecule has 0 radical (unpaired) electrons. The highest BCUT2D eigenvalue weighted by atomic mass is 35.5. The molecule has 35 heavy (non-hydrogen) atoms. The van der Waals surface area contributed by atoms with Gasteiger partial charge in [0.25, 0.3) is 5.78 Å². The van der Waals surface area contributed by atoms with Crippen molar-refractivity contribution in [3.63, 3.8) is 0 Å². The maximum atomic E-state index is 13.3. The molecule has 5 rings (SSSR count). The Morgan fingerprint density at radius 3 is 2.49 bits per heavy atom. The Kier molecular flexibility index (Phi) is 5.88. The van der Waals surface area contributed by atoms with Gasteiger partial charge in [-0.3, -0.25) is 14.5 Å². The molecule has 2 N–H and O–H groups in total. The van der Waals surface area contributed by atoms with Gasteiger partial charge in [0.15, 0.2) is 5.13 Å². The van der Waals surface area contributed by atoms with Crippen molar-refractivity contribution >= 4 is 67.3 Å². The second kappa shape index (κ2) is 8.88. The lowest BCUT2D eigenvalue weighted by Gasteiger charge is -2.23. The van der Waals surface area contributed by atoms with E-state index in [2.05, 4.69) is 4.98 Å². The lowest BCUT2D eigenvalue weighted by Crippen LogP contribution is -2.29. The smallest absolute Gasteiger partial charge is 0.301 e. The van der Waals surface area contributed by atoms with E-state index in [0.29, 0.717) is 21.9 Å². The molecule has 7 nitrogen and oxygen atoms in total. The van der Waals surface area contributed by atoms with Crippen molar-refractivity contribution in [2.45, 2.75) is 6.04 Å². The molecule has 4 aromatic rings. The molecule has 10 heteroatoms. The zero-order chi connectivity index (χ0) is 24.9. The van der Waals surface area contributed by atoms with Crippen LogP contribution in [-0.2, 0) is 9.59 Å². The number of ether oxygens (including phenoxy) is 1. The molecule has 1 saturated heterocycles. The van der Waals surface area contributed by atoms with Crippen LogP contribution in [-0.4, -0.2) is 34.0 Å². The number of nitrogens with zero attached hydrogens (tertiary/aromatic N) is 2. The van der Waals surface area contributed by atoms with Gasteiger partial charge in [-0.25, -0.2) is 4.98 Å². The number of phenolic OH excluding ortho intramolecular Hbond substituents is 1. The molecule has 0 saturated carbocycles. The van der Waals surface area contributed by atoms with Crippen molar-refractivity contribution in [3.8, 4) is 11.5 Å². The van der Waals surface area contributed by atoms with Crippen molar-refractivity contribution in [2.75, 3.05) is 12.0 Å². The molecule has 1 unspecified atom stereocenters. The Morgan fingerprint density at radius 2 is 1.80 bits per heavy atom. The number of hydrogen-bond acceptors (Lipinski definition) is 7. The Hall–Kier alpha value is -3.59. The molecule has 1 amide bonds. The summed E-state index contributed by atoms with van der Waals surface area (Å²) in [6, 6.07) is 14.7. The number of ketones is 1. The van der Waals surface area contributed by atoms with Crippen LogP contribution in [0, 0.1) is 0 Å². The first kappa shape index (κ1) is 23.2. The fourth-order valence-corrected chi connectivity index (χ4v) is 5.49. The molecule has 0 bridgehead atoms. The van der Waals surface area contributed by atoms with E-state index in [-0.39, 0.29) is 27.0 Å². The first-order chi connectivity index (χ1) is 16.8. The van der Waals surface area contributed by atoms with E-state index in [0.717, 1.165) is 4.70 Å². The molecule has 2 heterocycles. The molecule has 3 aromatic carbocycles. The summed E-state index contributed by atoms with van der Waals surface area (Å²) in [5.74, 6) is -1.69. The number of halogens is 2. The van der Waals surface area contributed by atoms with Gasteiger partial charge in [-0.05, 0) is 54.1 Å².